The SMILES string of the molecule is C=CC(=O)N1CCn2nc(C3c4nc(/C=C/c5cn(C)nc5/C=C/OC/C=C/CO)c5ccsc5c4-c4c(F)cc(F)cc4OCC3C)cc2C1C. The average Bonchev–Trinajstić information content (AvgIpc) is 3.86. The van der Waals surface area contributed by atoms with Crippen molar-refractivity contribution in [2.24, 2.45) is 13.0 Å². The van der Waals surface area contributed by atoms with Crippen LogP contribution >= 0.6 is 11.3 Å². The molecule has 0 spiro atoms. The molecule has 1 amide bonds. The molecule has 10 nitrogen and oxygen atoms in total. The molecule has 0 radical (unpaired) electrons. The Morgan fingerprint density at radius 2 is 1.96 bits per heavy atom. The second kappa shape index (κ2) is 14.7. The molecule has 268 valence electrons. The van der Waals surface area contributed by atoms with Crippen LogP contribution in [0.3, 0.4) is 0 Å². The number of ether oxygens (including phenoxy) is 2. The first-order valence-electron chi connectivity index (χ1n) is 17.0. The lowest BCUT2D eigenvalue weighted by Gasteiger charge is -2.33. The number of pyridine rings is 1. The highest BCUT2D eigenvalue weighted by atomic mass is 32.1. The van der Waals surface area contributed by atoms with Gasteiger partial charge in [0.25, 0.3) is 0 Å². The van der Waals surface area contributed by atoms with E-state index in [0.29, 0.717) is 42.3 Å². The molecule has 7 rings (SSSR count). The molecular formula is C39H38F2N6O4S. The van der Waals surface area contributed by atoms with E-state index < -0.39 is 17.6 Å². The summed E-state index contributed by atoms with van der Waals surface area (Å²) in [6, 6.07) is 5.83. The summed E-state index contributed by atoms with van der Waals surface area (Å²) in [6.07, 6.45) is 13.7. The van der Waals surface area contributed by atoms with Gasteiger partial charge < -0.3 is 19.5 Å². The number of thiophene rings is 1. The molecule has 52 heavy (non-hydrogen) atoms. The van der Waals surface area contributed by atoms with Gasteiger partial charge >= 0.3 is 0 Å². The number of hydrogen-bond acceptors (Lipinski definition) is 8. The number of halogens is 2. The van der Waals surface area contributed by atoms with Crippen molar-refractivity contribution >= 4 is 45.6 Å². The van der Waals surface area contributed by atoms with Crippen molar-refractivity contribution in [2.75, 3.05) is 26.4 Å². The van der Waals surface area contributed by atoms with Gasteiger partial charge in [-0.25, -0.2) is 8.78 Å². The van der Waals surface area contributed by atoms with Crippen LogP contribution < -0.4 is 4.74 Å². The van der Waals surface area contributed by atoms with Crippen LogP contribution in [0.25, 0.3) is 39.4 Å². The minimum atomic E-state index is -0.735. The van der Waals surface area contributed by atoms with Gasteiger partial charge in [0.1, 0.15) is 24.0 Å². The van der Waals surface area contributed by atoms with Gasteiger partial charge in [-0.15, -0.1) is 11.3 Å². The predicted octanol–water partition coefficient (Wildman–Crippen LogP) is 7.13. The van der Waals surface area contributed by atoms with Gasteiger partial charge in [0.15, 0.2) is 0 Å². The van der Waals surface area contributed by atoms with Crippen LogP contribution in [0.4, 0.5) is 8.78 Å². The van der Waals surface area contributed by atoms with E-state index in [4.69, 9.17) is 24.7 Å². The number of rotatable bonds is 9. The number of aromatic nitrogens is 5. The highest BCUT2D eigenvalue weighted by molar-refractivity contribution is 7.17. The first-order chi connectivity index (χ1) is 25.2. The summed E-state index contributed by atoms with van der Waals surface area (Å²) < 4.78 is 46.8. The van der Waals surface area contributed by atoms with Crippen LogP contribution in [0.5, 0.6) is 5.75 Å². The fourth-order valence-corrected chi connectivity index (χ4v) is 7.96. The van der Waals surface area contributed by atoms with Gasteiger partial charge in [-0.3, -0.25) is 19.1 Å². The maximum atomic E-state index is 16.0. The molecular weight excluding hydrogens is 687 g/mol. The molecule has 0 saturated heterocycles. The largest absolute Gasteiger partial charge is 0.497 e. The van der Waals surface area contributed by atoms with Crippen molar-refractivity contribution in [3.05, 3.63) is 113 Å². The number of hydrogen-bond donors (Lipinski definition) is 1. The van der Waals surface area contributed by atoms with Crippen LogP contribution in [0.2, 0.25) is 0 Å². The second-order valence-corrected chi connectivity index (χ2v) is 13.8. The minimum absolute atomic E-state index is 0.0513. The monoisotopic (exact) mass is 724 g/mol. The highest BCUT2D eigenvalue weighted by Gasteiger charge is 2.37. The third-order valence-corrected chi connectivity index (χ3v) is 10.4. The van der Waals surface area contributed by atoms with Crippen LogP contribution in [-0.2, 0) is 23.1 Å². The Morgan fingerprint density at radius 1 is 1.12 bits per heavy atom. The Bertz CT molecular complexity index is 2250. The van der Waals surface area contributed by atoms with Gasteiger partial charge in [-0.1, -0.05) is 19.6 Å². The van der Waals surface area contributed by atoms with Gasteiger partial charge in [0.05, 0.1) is 72.0 Å². The molecule has 0 saturated carbocycles. The number of aryl methyl sites for hydroxylation is 1. The summed E-state index contributed by atoms with van der Waals surface area (Å²) in [4.78, 5) is 19.7. The van der Waals surface area contributed by atoms with Crippen molar-refractivity contribution in [3.63, 3.8) is 0 Å². The minimum Gasteiger partial charge on any atom is -0.497 e. The van der Waals surface area contributed by atoms with Gasteiger partial charge in [0.2, 0.25) is 5.91 Å². The Labute approximate surface area is 303 Å². The summed E-state index contributed by atoms with van der Waals surface area (Å²) in [5, 5.41) is 21.3. The van der Waals surface area contributed by atoms with E-state index in [9.17, 15) is 9.18 Å². The number of carbonyl (C=O) groups excluding carboxylic acids is 1. The molecule has 0 aliphatic carbocycles. The molecule has 13 heteroatoms. The zero-order valence-corrected chi connectivity index (χ0v) is 29.8. The lowest BCUT2D eigenvalue weighted by atomic mass is 9.82. The zero-order valence-electron chi connectivity index (χ0n) is 29.0. The number of fused-ring (bicyclic) bond motifs is 6. The molecule has 4 aromatic heterocycles. The molecule has 3 unspecified atom stereocenters. The zero-order chi connectivity index (χ0) is 36.5. The maximum absolute atomic E-state index is 16.0. The fourth-order valence-electron chi connectivity index (χ4n) is 7.00. The molecule has 5 aromatic rings. The molecule has 3 atom stereocenters. The van der Waals surface area contributed by atoms with Crippen LogP contribution in [0.1, 0.15) is 59.8 Å². The van der Waals surface area contributed by atoms with E-state index in [-0.39, 0.29) is 42.4 Å². The normalized spacial score (nSPS) is 18.7. The molecule has 0 fully saturated rings. The highest BCUT2D eigenvalue weighted by Crippen LogP contribution is 2.49. The van der Waals surface area contributed by atoms with Gasteiger partial charge in [0, 0.05) is 65.1 Å². The number of amides is 1. The molecule has 1 aromatic carbocycles. The van der Waals surface area contributed by atoms with Crippen molar-refractivity contribution in [3.8, 4) is 16.9 Å². The summed E-state index contributed by atoms with van der Waals surface area (Å²) in [6.45, 7) is 9.09. The van der Waals surface area contributed by atoms with Crippen molar-refractivity contribution < 1.29 is 28.2 Å². The third kappa shape index (κ3) is 6.57. The van der Waals surface area contributed by atoms with Crippen molar-refractivity contribution in [1.29, 1.82) is 0 Å². The summed E-state index contributed by atoms with van der Waals surface area (Å²) in [5.74, 6) is -2.12. The van der Waals surface area contributed by atoms with Crippen LogP contribution in [0.15, 0.2) is 66.9 Å². The quantitative estimate of drug-likeness (QED) is 0.0747. The van der Waals surface area contributed by atoms with E-state index in [1.165, 1.54) is 23.5 Å². The second-order valence-electron chi connectivity index (χ2n) is 12.8. The number of nitrogens with zero attached hydrogens (tertiary/aromatic N) is 6. The molecule has 1 N–H and O–H groups in total. The van der Waals surface area contributed by atoms with Gasteiger partial charge in [-0.05, 0) is 48.7 Å². The molecule has 0 bridgehead atoms. The number of aliphatic hydroxyl groups excluding tert-OH is 1. The Balaban J connectivity index is 1.38. The van der Waals surface area contributed by atoms with E-state index in [1.54, 1.807) is 34.1 Å². The molecule has 6 heterocycles. The van der Waals surface area contributed by atoms with E-state index in [1.807, 2.05) is 61.4 Å². The Morgan fingerprint density at radius 3 is 2.77 bits per heavy atom. The summed E-state index contributed by atoms with van der Waals surface area (Å²) >= 11 is 1.45. The lowest BCUT2D eigenvalue weighted by Crippen LogP contribution is -2.40. The fraction of sp³-hybridized carbons (Fsp3) is 0.282. The summed E-state index contributed by atoms with van der Waals surface area (Å²) in [7, 11) is 1.83. The smallest absolute Gasteiger partial charge is 0.246 e. The Kier molecular flexibility index (Phi) is 9.89. The number of carbonyl (C=O) groups is 1. The van der Waals surface area contributed by atoms with Crippen molar-refractivity contribution in [2.45, 2.75) is 32.4 Å². The van der Waals surface area contributed by atoms with E-state index >= 15 is 4.39 Å². The third-order valence-electron chi connectivity index (χ3n) is 9.45. The predicted molar refractivity (Wildman–Crippen MR) is 197 cm³/mol. The van der Waals surface area contributed by atoms with Gasteiger partial charge in [-0.2, -0.15) is 10.2 Å². The lowest BCUT2D eigenvalue weighted by molar-refractivity contribution is -0.129. The maximum Gasteiger partial charge on any atom is 0.246 e. The van der Waals surface area contributed by atoms with Crippen LogP contribution in [0, 0.1) is 17.6 Å². The molecule has 2 aliphatic heterocycles. The molecule has 2 aliphatic rings. The van der Waals surface area contributed by atoms with Crippen molar-refractivity contribution in [1.82, 2.24) is 29.4 Å². The first-order valence-corrected chi connectivity index (χ1v) is 17.9. The number of benzene rings is 1. The average molecular weight is 725 g/mol. The number of aliphatic hydroxyl groups is 1. The Hall–Kier alpha value is -5.40. The standard InChI is InChI=1S/C39H38F2N6O4S/c1-5-34(49)46-12-13-47-32(24(46)3)20-31(44-47)35-23(2)22-51-33-19-26(40)18-28(41)36(33)37-38(35)42-30(27-11-17-52-39(27)37)9-8-25-21-45(4)43-29(25)10-16-50-15-7-6-14-48/h5-11,16-21,23-24,35,48H,1,12-15,22H2,2-4H3/b7-6+,9-8+,16-10+. The van der Waals surface area contributed by atoms with E-state index in [0.717, 1.165) is 33.1 Å². The van der Waals surface area contributed by atoms with Crippen LogP contribution in [-0.4, -0.2) is 66.8 Å². The topological polar surface area (TPSA) is 108 Å². The van der Waals surface area contributed by atoms with E-state index in [2.05, 4.69) is 11.7 Å². The summed E-state index contributed by atoms with van der Waals surface area (Å²) in [5.41, 5.74) is 5.10. The first kappa shape index (κ1) is 35.0.